The molecule has 0 aromatic rings. The molecule has 2 aliphatic heterocycles. The Labute approximate surface area is 110 Å². The summed E-state index contributed by atoms with van der Waals surface area (Å²) in [5, 5.41) is 2.84. The summed E-state index contributed by atoms with van der Waals surface area (Å²) < 4.78 is 38.1. The minimum Gasteiger partial charge on any atom is -0.353 e. The van der Waals surface area contributed by atoms with Gasteiger partial charge in [-0.25, -0.2) is 0 Å². The van der Waals surface area contributed by atoms with Crippen LogP contribution in [0.5, 0.6) is 0 Å². The van der Waals surface area contributed by atoms with Crippen molar-refractivity contribution in [2.24, 2.45) is 11.8 Å². The van der Waals surface area contributed by atoms with Crippen LogP contribution in [0.1, 0.15) is 32.1 Å². The molecule has 3 rings (SSSR count). The smallest absolute Gasteiger partial charge is 0.353 e. The molecule has 0 aromatic carbocycles. The van der Waals surface area contributed by atoms with E-state index < -0.39 is 12.1 Å². The third-order valence-electron chi connectivity index (χ3n) is 4.69. The van der Waals surface area contributed by atoms with Gasteiger partial charge in [0.15, 0.2) is 0 Å². The molecule has 6 heteroatoms. The van der Waals surface area contributed by atoms with Crippen LogP contribution in [0.15, 0.2) is 0 Å². The van der Waals surface area contributed by atoms with Gasteiger partial charge in [-0.3, -0.25) is 9.69 Å². The lowest BCUT2D eigenvalue weighted by Gasteiger charge is -2.31. The van der Waals surface area contributed by atoms with Crippen LogP contribution in [0, 0.1) is 11.8 Å². The van der Waals surface area contributed by atoms with E-state index in [0.717, 1.165) is 19.5 Å². The van der Waals surface area contributed by atoms with Crippen LogP contribution in [0.4, 0.5) is 13.2 Å². The summed E-state index contributed by atoms with van der Waals surface area (Å²) in [6.07, 6.45) is -1.76. The molecule has 2 saturated heterocycles. The summed E-state index contributed by atoms with van der Waals surface area (Å²) in [5.41, 5.74) is 0. The molecule has 1 aliphatic carbocycles. The summed E-state index contributed by atoms with van der Waals surface area (Å²) in [7, 11) is 0. The second kappa shape index (κ2) is 4.65. The average molecular weight is 276 g/mol. The van der Waals surface area contributed by atoms with Crippen LogP contribution in [0.2, 0.25) is 0 Å². The first-order valence-electron chi connectivity index (χ1n) is 7.04. The number of carbonyl (C=O) groups excluding carboxylic acids is 1. The fourth-order valence-corrected chi connectivity index (χ4v) is 3.48. The largest absolute Gasteiger partial charge is 0.391 e. The maximum absolute atomic E-state index is 12.7. The quantitative estimate of drug-likeness (QED) is 0.782. The first-order valence-corrected chi connectivity index (χ1v) is 7.04. The number of hydrogen-bond acceptors (Lipinski definition) is 2. The van der Waals surface area contributed by atoms with Crippen molar-refractivity contribution in [3.63, 3.8) is 0 Å². The van der Waals surface area contributed by atoms with Crippen molar-refractivity contribution in [3.05, 3.63) is 0 Å². The van der Waals surface area contributed by atoms with Crippen LogP contribution in [0.25, 0.3) is 0 Å². The van der Waals surface area contributed by atoms with E-state index in [0.29, 0.717) is 18.9 Å². The van der Waals surface area contributed by atoms with E-state index in [9.17, 15) is 18.0 Å². The second-order valence-electron chi connectivity index (χ2n) is 6.15. The van der Waals surface area contributed by atoms with Crippen molar-refractivity contribution in [3.8, 4) is 0 Å². The molecule has 1 amide bonds. The highest BCUT2D eigenvalue weighted by atomic mass is 19.4. The van der Waals surface area contributed by atoms with Crippen molar-refractivity contribution < 1.29 is 18.0 Å². The molecule has 3 aliphatic rings. The Kier molecular flexibility index (Phi) is 3.23. The van der Waals surface area contributed by atoms with Gasteiger partial charge in [0.2, 0.25) is 5.91 Å². The molecule has 0 radical (unpaired) electrons. The zero-order valence-corrected chi connectivity index (χ0v) is 10.7. The van der Waals surface area contributed by atoms with Crippen LogP contribution in [-0.2, 0) is 4.79 Å². The van der Waals surface area contributed by atoms with Crippen molar-refractivity contribution >= 4 is 5.91 Å². The minimum absolute atomic E-state index is 0.00925. The van der Waals surface area contributed by atoms with Crippen molar-refractivity contribution in [2.75, 3.05) is 13.1 Å². The number of rotatable bonds is 2. The normalized spacial score (nSPS) is 41.7. The van der Waals surface area contributed by atoms with Gasteiger partial charge in [-0.15, -0.1) is 0 Å². The number of amides is 1. The first-order chi connectivity index (χ1) is 8.93. The van der Waals surface area contributed by atoms with Gasteiger partial charge in [0.25, 0.3) is 0 Å². The highest BCUT2D eigenvalue weighted by Crippen LogP contribution is 2.38. The van der Waals surface area contributed by atoms with E-state index in [1.807, 2.05) is 0 Å². The monoisotopic (exact) mass is 276 g/mol. The van der Waals surface area contributed by atoms with E-state index in [1.54, 1.807) is 0 Å². The molecule has 3 fully saturated rings. The SMILES string of the molecule is O=C(N[C@@H]1CCC[C@H](C(F)(F)F)C1)C1CC2CN2C1. The van der Waals surface area contributed by atoms with Crippen LogP contribution >= 0.6 is 0 Å². The Balaban J connectivity index is 1.50. The highest BCUT2D eigenvalue weighted by molar-refractivity contribution is 5.79. The Bertz CT molecular complexity index is 361. The lowest BCUT2D eigenvalue weighted by atomic mass is 9.85. The molecule has 5 atom stereocenters. The standard InChI is InChI=1S/C13H19F3N2O/c14-13(15,16)9-2-1-3-10(5-9)17-12(19)8-4-11-7-18(11)6-8/h8-11H,1-7H2,(H,17,19)/t8?,9-,10+,11?,18?/m0/s1. The summed E-state index contributed by atoms with van der Waals surface area (Å²) in [4.78, 5) is 14.3. The Morgan fingerprint density at radius 3 is 2.58 bits per heavy atom. The zero-order valence-electron chi connectivity index (χ0n) is 10.7. The lowest BCUT2D eigenvalue weighted by Crippen LogP contribution is -2.44. The number of nitrogens with zero attached hydrogens (tertiary/aromatic N) is 1. The fraction of sp³-hybridized carbons (Fsp3) is 0.923. The molecular formula is C13H19F3N2O. The third-order valence-corrected chi connectivity index (χ3v) is 4.69. The molecule has 19 heavy (non-hydrogen) atoms. The molecule has 0 aromatic heterocycles. The van der Waals surface area contributed by atoms with Gasteiger partial charge < -0.3 is 5.32 Å². The van der Waals surface area contributed by atoms with E-state index in [-0.39, 0.29) is 30.7 Å². The number of alkyl halides is 3. The molecular weight excluding hydrogens is 257 g/mol. The third kappa shape index (κ3) is 2.88. The van der Waals surface area contributed by atoms with Gasteiger partial charge in [0, 0.05) is 25.2 Å². The Morgan fingerprint density at radius 1 is 1.16 bits per heavy atom. The minimum atomic E-state index is -4.12. The first kappa shape index (κ1) is 13.2. The fourth-order valence-electron chi connectivity index (χ4n) is 3.48. The highest BCUT2D eigenvalue weighted by Gasteiger charge is 2.47. The number of fused-ring (bicyclic) bond motifs is 1. The molecule has 3 unspecified atom stereocenters. The zero-order chi connectivity index (χ0) is 13.6. The number of carbonyl (C=O) groups is 1. The summed E-state index contributed by atoms with van der Waals surface area (Å²) in [6, 6.07) is 0.268. The average Bonchev–Trinajstić information content (AvgIpc) is 2.95. The number of piperidine rings is 1. The predicted molar refractivity (Wildman–Crippen MR) is 63.4 cm³/mol. The van der Waals surface area contributed by atoms with Crippen LogP contribution in [0.3, 0.4) is 0 Å². The van der Waals surface area contributed by atoms with Gasteiger partial charge in [-0.2, -0.15) is 13.2 Å². The molecule has 108 valence electrons. The van der Waals surface area contributed by atoms with Crippen molar-refractivity contribution in [1.29, 1.82) is 0 Å². The van der Waals surface area contributed by atoms with Crippen molar-refractivity contribution in [1.82, 2.24) is 10.2 Å². The van der Waals surface area contributed by atoms with Gasteiger partial charge >= 0.3 is 6.18 Å². The summed E-state index contributed by atoms with van der Waals surface area (Å²) >= 11 is 0. The maximum atomic E-state index is 12.7. The van der Waals surface area contributed by atoms with Crippen LogP contribution in [-0.4, -0.2) is 42.2 Å². The molecule has 1 saturated carbocycles. The second-order valence-corrected chi connectivity index (χ2v) is 6.15. The van der Waals surface area contributed by atoms with Crippen molar-refractivity contribution in [2.45, 2.75) is 50.4 Å². The molecule has 3 nitrogen and oxygen atoms in total. The van der Waals surface area contributed by atoms with E-state index in [4.69, 9.17) is 0 Å². The van der Waals surface area contributed by atoms with Gasteiger partial charge in [-0.1, -0.05) is 6.42 Å². The predicted octanol–water partition coefficient (Wildman–Crippen LogP) is 1.93. The Hall–Kier alpha value is -0.780. The summed E-state index contributed by atoms with van der Waals surface area (Å²) in [5.74, 6) is -1.29. The molecule has 0 spiro atoms. The van der Waals surface area contributed by atoms with E-state index >= 15 is 0 Å². The van der Waals surface area contributed by atoms with Crippen LogP contribution < -0.4 is 5.32 Å². The Morgan fingerprint density at radius 2 is 1.95 bits per heavy atom. The van der Waals surface area contributed by atoms with Gasteiger partial charge in [0.05, 0.1) is 11.8 Å². The van der Waals surface area contributed by atoms with E-state index in [2.05, 4.69) is 10.2 Å². The van der Waals surface area contributed by atoms with E-state index in [1.165, 1.54) is 0 Å². The number of hydrogen-bond donors (Lipinski definition) is 1. The molecule has 1 N–H and O–H groups in total. The number of nitrogens with one attached hydrogen (secondary N) is 1. The lowest BCUT2D eigenvalue weighted by molar-refractivity contribution is -0.184. The topological polar surface area (TPSA) is 32.1 Å². The number of halogens is 3. The van der Waals surface area contributed by atoms with Gasteiger partial charge in [0.1, 0.15) is 0 Å². The summed E-state index contributed by atoms with van der Waals surface area (Å²) in [6.45, 7) is 1.87. The van der Waals surface area contributed by atoms with Gasteiger partial charge in [-0.05, 0) is 25.7 Å². The molecule has 2 heterocycles. The maximum Gasteiger partial charge on any atom is 0.391 e. The molecule has 0 bridgehead atoms.